The van der Waals surface area contributed by atoms with Crippen molar-refractivity contribution in [1.29, 1.82) is 0 Å². The number of benzene rings is 2. The number of rotatable bonds is 2. The van der Waals surface area contributed by atoms with Crippen molar-refractivity contribution in [3.63, 3.8) is 0 Å². The van der Waals surface area contributed by atoms with Crippen molar-refractivity contribution in [2.75, 3.05) is 7.05 Å². The van der Waals surface area contributed by atoms with Crippen LogP contribution in [0, 0.1) is 0 Å². The van der Waals surface area contributed by atoms with Crippen LogP contribution in [-0.2, 0) is 0 Å². The van der Waals surface area contributed by atoms with E-state index in [0.29, 0.717) is 11.1 Å². The lowest BCUT2D eigenvalue weighted by atomic mass is 10.2. The van der Waals surface area contributed by atoms with E-state index in [-0.39, 0.29) is 0 Å². The van der Waals surface area contributed by atoms with Crippen LogP contribution in [0.3, 0.4) is 0 Å². The van der Waals surface area contributed by atoms with E-state index >= 15 is 0 Å². The van der Waals surface area contributed by atoms with Gasteiger partial charge in [0.15, 0.2) is 0 Å². The third-order valence-electron chi connectivity index (χ3n) is 2.87. The minimum absolute atomic E-state index is 0.360. The molecule has 0 unspecified atom stereocenters. The van der Waals surface area contributed by atoms with Gasteiger partial charge in [-0.3, -0.25) is 20.3 Å². The Morgan fingerprint density at radius 3 is 1.73 bits per heavy atom. The summed E-state index contributed by atoms with van der Waals surface area (Å²) in [6.07, 6.45) is 0. The summed E-state index contributed by atoms with van der Waals surface area (Å²) in [6, 6.07) is 16.1. The summed E-state index contributed by atoms with van der Waals surface area (Å²) in [7, 11) is 1.36. The number of urea groups is 1. The van der Waals surface area contributed by atoms with Crippen LogP contribution in [0.4, 0.5) is 4.79 Å². The number of hydrogen-bond donors (Lipinski definition) is 2. The highest BCUT2D eigenvalue weighted by Crippen LogP contribution is 2.00. The van der Waals surface area contributed by atoms with Gasteiger partial charge < -0.3 is 0 Å². The monoisotopic (exact) mass is 297 g/mol. The molecule has 0 saturated carbocycles. The maximum Gasteiger partial charge on any atom is 0.342 e. The Hall–Kier alpha value is -3.15. The van der Waals surface area contributed by atoms with Crippen molar-refractivity contribution in [2.45, 2.75) is 0 Å². The predicted octanol–water partition coefficient (Wildman–Crippen LogP) is 1.81. The Morgan fingerprint density at radius 2 is 1.23 bits per heavy atom. The summed E-state index contributed by atoms with van der Waals surface area (Å²) in [4.78, 5) is 35.6. The topological polar surface area (TPSA) is 78.5 Å². The Labute approximate surface area is 127 Å². The SMILES string of the molecule is CN(NC(=O)c1ccccc1)C(=O)NC(=O)c1ccccc1. The summed E-state index contributed by atoms with van der Waals surface area (Å²) in [5, 5.41) is 3.11. The second-order valence-electron chi connectivity index (χ2n) is 4.49. The van der Waals surface area contributed by atoms with Gasteiger partial charge in [-0.1, -0.05) is 36.4 Å². The lowest BCUT2D eigenvalue weighted by Gasteiger charge is -2.18. The first-order valence-corrected chi connectivity index (χ1v) is 6.58. The molecule has 4 amide bonds. The normalized spacial score (nSPS) is 9.68. The van der Waals surface area contributed by atoms with Gasteiger partial charge in [0.05, 0.1) is 0 Å². The number of carbonyl (C=O) groups excluding carboxylic acids is 3. The minimum Gasteiger partial charge on any atom is -0.272 e. The van der Waals surface area contributed by atoms with Crippen molar-refractivity contribution in [2.24, 2.45) is 0 Å². The summed E-state index contributed by atoms with van der Waals surface area (Å²) in [5.41, 5.74) is 3.16. The molecule has 0 aliphatic rings. The van der Waals surface area contributed by atoms with Crippen molar-refractivity contribution in [3.8, 4) is 0 Å². The lowest BCUT2D eigenvalue weighted by molar-refractivity contribution is 0.0833. The molecule has 0 saturated heterocycles. The third-order valence-corrected chi connectivity index (χ3v) is 2.87. The Bertz CT molecular complexity index is 672. The van der Waals surface area contributed by atoms with Crippen molar-refractivity contribution < 1.29 is 14.4 Å². The van der Waals surface area contributed by atoms with Crippen LogP contribution >= 0.6 is 0 Å². The molecule has 0 bridgehead atoms. The fourth-order valence-electron chi connectivity index (χ4n) is 1.70. The number of hydrogen-bond acceptors (Lipinski definition) is 3. The fourth-order valence-corrected chi connectivity index (χ4v) is 1.70. The molecule has 2 N–H and O–H groups in total. The predicted molar refractivity (Wildman–Crippen MR) is 81.0 cm³/mol. The quantitative estimate of drug-likeness (QED) is 0.830. The van der Waals surface area contributed by atoms with E-state index in [0.717, 1.165) is 5.01 Å². The average Bonchev–Trinajstić information content (AvgIpc) is 2.56. The average molecular weight is 297 g/mol. The van der Waals surface area contributed by atoms with E-state index in [1.165, 1.54) is 7.05 Å². The standard InChI is InChI=1S/C16H15N3O3/c1-19(18-15(21)13-10-6-3-7-11-13)16(22)17-14(20)12-8-4-2-5-9-12/h2-11H,1H3,(H,18,21)(H,17,20,22). The van der Waals surface area contributed by atoms with Crippen LogP contribution in [0.5, 0.6) is 0 Å². The Balaban J connectivity index is 1.92. The van der Waals surface area contributed by atoms with E-state index in [9.17, 15) is 14.4 Å². The van der Waals surface area contributed by atoms with Gasteiger partial charge in [-0.25, -0.2) is 9.80 Å². The second kappa shape index (κ2) is 7.03. The second-order valence-corrected chi connectivity index (χ2v) is 4.49. The number of hydrazine groups is 1. The lowest BCUT2D eigenvalue weighted by Crippen LogP contribution is -2.49. The summed E-state index contributed by atoms with van der Waals surface area (Å²) >= 11 is 0. The van der Waals surface area contributed by atoms with Crippen LogP contribution in [-0.4, -0.2) is 29.9 Å². The molecule has 0 atom stereocenters. The van der Waals surface area contributed by atoms with Gasteiger partial charge in [0.1, 0.15) is 0 Å². The highest BCUT2D eigenvalue weighted by molar-refractivity contribution is 6.04. The molecule has 0 heterocycles. The summed E-state index contributed by atoms with van der Waals surface area (Å²) in [5.74, 6) is -0.975. The van der Waals surface area contributed by atoms with Gasteiger partial charge in [-0.05, 0) is 24.3 Å². The van der Waals surface area contributed by atoms with Gasteiger partial charge in [-0.2, -0.15) is 0 Å². The maximum absolute atomic E-state index is 11.9. The molecular weight excluding hydrogens is 282 g/mol. The van der Waals surface area contributed by atoms with Crippen LogP contribution in [0.25, 0.3) is 0 Å². The number of carbonyl (C=O) groups is 3. The number of imide groups is 1. The Kier molecular flexibility index (Phi) is 4.87. The highest BCUT2D eigenvalue weighted by atomic mass is 16.2. The zero-order valence-electron chi connectivity index (χ0n) is 11.9. The number of nitrogens with one attached hydrogen (secondary N) is 2. The minimum atomic E-state index is -0.724. The van der Waals surface area contributed by atoms with Gasteiger partial charge in [0.2, 0.25) is 0 Å². The van der Waals surface area contributed by atoms with Crippen molar-refractivity contribution >= 4 is 17.8 Å². The van der Waals surface area contributed by atoms with Gasteiger partial charge in [0.25, 0.3) is 11.8 Å². The fraction of sp³-hybridized carbons (Fsp3) is 0.0625. The smallest absolute Gasteiger partial charge is 0.272 e. The molecule has 2 aromatic carbocycles. The molecule has 22 heavy (non-hydrogen) atoms. The first kappa shape index (κ1) is 15.2. The van der Waals surface area contributed by atoms with Crippen LogP contribution in [0.15, 0.2) is 60.7 Å². The van der Waals surface area contributed by atoms with Crippen LogP contribution in [0.1, 0.15) is 20.7 Å². The first-order valence-electron chi connectivity index (χ1n) is 6.58. The molecule has 2 rings (SSSR count). The molecule has 0 spiro atoms. The van der Waals surface area contributed by atoms with Gasteiger partial charge in [-0.15, -0.1) is 0 Å². The molecule has 6 nitrogen and oxygen atoms in total. The van der Waals surface area contributed by atoms with E-state index in [1.807, 2.05) is 0 Å². The third kappa shape index (κ3) is 3.92. The molecule has 2 aromatic rings. The maximum atomic E-state index is 11.9. The van der Waals surface area contributed by atoms with Crippen molar-refractivity contribution in [1.82, 2.24) is 15.8 Å². The van der Waals surface area contributed by atoms with E-state index in [4.69, 9.17) is 0 Å². The van der Waals surface area contributed by atoms with E-state index in [2.05, 4.69) is 10.7 Å². The Morgan fingerprint density at radius 1 is 0.773 bits per heavy atom. The molecule has 0 aliphatic heterocycles. The molecule has 0 fully saturated rings. The number of amides is 4. The van der Waals surface area contributed by atoms with E-state index in [1.54, 1.807) is 60.7 Å². The van der Waals surface area contributed by atoms with Crippen LogP contribution < -0.4 is 10.7 Å². The summed E-state index contributed by atoms with van der Waals surface area (Å²) < 4.78 is 0. The number of nitrogens with zero attached hydrogens (tertiary/aromatic N) is 1. The molecule has 0 aromatic heterocycles. The zero-order chi connectivity index (χ0) is 15.9. The molecule has 0 aliphatic carbocycles. The zero-order valence-corrected chi connectivity index (χ0v) is 11.9. The van der Waals surface area contributed by atoms with Gasteiger partial charge >= 0.3 is 6.03 Å². The molecule has 0 radical (unpaired) electrons. The largest absolute Gasteiger partial charge is 0.342 e. The highest BCUT2D eigenvalue weighted by Gasteiger charge is 2.16. The van der Waals surface area contributed by atoms with Crippen LogP contribution in [0.2, 0.25) is 0 Å². The van der Waals surface area contributed by atoms with Crippen molar-refractivity contribution in [3.05, 3.63) is 71.8 Å². The van der Waals surface area contributed by atoms with Gasteiger partial charge in [0, 0.05) is 18.2 Å². The first-order chi connectivity index (χ1) is 10.6. The molecule has 6 heteroatoms. The molecule has 112 valence electrons. The molecular formula is C16H15N3O3. The van der Waals surface area contributed by atoms with E-state index < -0.39 is 17.8 Å². The summed E-state index contributed by atoms with van der Waals surface area (Å²) in [6.45, 7) is 0.